The summed E-state index contributed by atoms with van der Waals surface area (Å²) in [5.74, 6) is -0.988. The van der Waals surface area contributed by atoms with E-state index in [2.05, 4.69) is 15.8 Å². The summed E-state index contributed by atoms with van der Waals surface area (Å²) in [6.45, 7) is 0.0998. The van der Waals surface area contributed by atoms with Crippen LogP contribution in [0.4, 0.5) is 0 Å². The Bertz CT molecular complexity index is 311. The number of aromatic nitrogens is 2. The van der Waals surface area contributed by atoms with Crippen LogP contribution in [-0.2, 0) is 16.1 Å². The van der Waals surface area contributed by atoms with Crippen molar-refractivity contribution >= 4 is 23.4 Å². The van der Waals surface area contributed by atoms with E-state index in [4.69, 9.17) is 11.6 Å². The number of hydrazine groups is 1. The van der Waals surface area contributed by atoms with Crippen LogP contribution in [0.5, 0.6) is 0 Å². The minimum atomic E-state index is -0.453. The van der Waals surface area contributed by atoms with Crippen LogP contribution in [0.2, 0.25) is 0 Å². The highest BCUT2D eigenvalue weighted by atomic mass is 35.5. The Balaban J connectivity index is 2.26. The van der Waals surface area contributed by atoms with Crippen molar-refractivity contribution in [3.63, 3.8) is 0 Å². The molecule has 0 bridgehead atoms. The summed E-state index contributed by atoms with van der Waals surface area (Å²) < 4.78 is 1.57. The molecule has 0 aliphatic carbocycles. The third-order valence-electron chi connectivity index (χ3n) is 1.35. The van der Waals surface area contributed by atoms with Gasteiger partial charge < -0.3 is 4.57 Å². The zero-order valence-electron chi connectivity index (χ0n) is 7.24. The number of rotatable bonds is 3. The molecule has 0 aliphatic heterocycles. The molecule has 0 spiro atoms. The Morgan fingerprint density at radius 2 is 2.07 bits per heavy atom. The second-order valence-electron chi connectivity index (χ2n) is 2.47. The molecule has 6 nitrogen and oxygen atoms in total. The fraction of sp³-hybridized carbons (Fsp3) is 0.286. The van der Waals surface area contributed by atoms with Gasteiger partial charge in [0, 0.05) is 12.4 Å². The summed E-state index contributed by atoms with van der Waals surface area (Å²) in [6.07, 6.45) is 4.70. The van der Waals surface area contributed by atoms with Crippen molar-refractivity contribution in [1.82, 2.24) is 20.4 Å². The zero-order valence-corrected chi connectivity index (χ0v) is 7.99. The lowest BCUT2D eigenvalue weighted by molar-refractivity contribution is -0.128. The van der Waals surface area contributed by atoms with Crippen LogP contribution in [0.3, 0.4) is 0 Å². The molecule has 14 heavy (non-hydrogen) atoms. The minimum absolute atomic E-state index is 0.0998. The number of imidazole rings is 1. The van der Waals surface area contributed by atoms with E-state index in [0.29, 0.717) is 0 Å². The average Bonchev–Trinajstić information content (AvgIpc) is 2.66. The van der Waals surface area contributed by atoms with Crippen molar-refractivity contribution in [2.45, 2.75) is 6.54 Å². The van der Waals surface area contributed by atoms with Gasteiger partial charge in [0.15, 0.2) is 0 Å². The second kappa shape index (κ2) is 5.23. The van der Waals surface area contributed by atoms with Crippen LogP contribution in [0.1, 0.15) is 0 Å². The maximum Gasteiger partial charge on any atom is 0.258 e. The molecule has 1 heterocycles. The van der Waals surface area contributed by atoms with Crippen molar-refractivity contribution in [3.8, 4) is 0 Å². The SMILES string of the molecule is O=C(CCl)NNC(=O)Cn1ccnc1. The third kappa shape index (κ3) is 3.44. The molecule has 76 valence electrons. The predicted octanol–water partition coefficient (Wildman–Crippen LogP) is -0.731. The van der Waals surface area contributed by atoms with Gasteiger partial charge in [-0.2, -0.15) is 0 Å². The van der Waals surface area contributed by atoms with E-state index >= 15 is 0 Å². The normalized spacial score (nSPS) is 9.50. The molecule has 0 aliphatic rings. The van der Waals surface area contributed by atoms with Crippen LogP contribution >= 0.6 is 11.6 Å². The van der Waals surface area contributed by atoms with Gasteiger partial charge in [0.1, 0.15) is 12.4 Å². The molecule has 0 aromatic carbocycles. The number of halogens is 1. The standard InChI is InChI=1S/C7H9ClN4O2/c8-3-6(13)10-11-7(14)4-12-2-1-9-5-12/h1-2,5H,3-4H2,(H,10,13)(H,11,14). The van der Waals surface area contributed by atoms with Gasteiger partial charge in [-0.1, -0.05) is 0 Å². The van der Waals surface area contributed by atoms with Gasteiger partial charge in [-0.3, -0.25) is 20.4 Å². The monoisotopic (exact) mass is 216 g/mol. The topological polar surface area (TPSA) is 76.0 Å². The second-order valence-corrected chi connectivity index (χ2v) is 2.73. The summed E-state index contributed by atoms with van der Waals surface area (Å²) in [4.78, 5) is 25.5. The van der Waals surface area contributed by atoms with Gasteiger partial charge in [0.2, 0.25) is 0 Å². The van der Waals surface area contributed by atoms with Crippen molar-refractivity contribution in [3.05, 3.63) is 18.7 Å². The first-order valence-corrected chi connectivity index (χ1v) is 4.35. The lowest BCUT2D eigenvalue weighted by atomic mass is 10.6. The van der Waals surface area contributed by atoms with Gasteiger partial charge in [-0.25, -0.2) is 4.98 Å². The quantitative estimate of drug-likeness (QED) is 0.517. The number of carbonyl (C=O) groups is 2. The highest BCUT2D eigenvalue weighted by Crippen LogP contribution is 1.84. The van der Waals surface area contributed by atoms with Crippen LogP contribution in [0, 0.1) is 0 Å². The molecule has 1 rings (SSSR count). The Labute approximate surface area is 85.2 Å². The fourth-order valence-electron chi connectivity index (χ4n) is 0.758. The number of carbonyl (C=O) groups excluding carboxylic acids is 2. The van der Waals surface area contributed by atoms with Crippen LogP contribution < -0.4 is 10.9 Å². The van der Waals surface area contributed by atoms with Crippen LogP contribution in [-0.4, -0.2) is 27.2 Å². The summed E-state index contributed by atoms with van der Waals surface area (Å²) in [5.41, 5.74) is 4.34. The van der Waals surface area contributed by atoms with E-state index in [0.717, 1.165) is 0 Å². The molecular weight excluding hydrogens is 208 g/mol. The summed E-state index contributed by atoms with van der Waals surface area (Å²) in [7, 11) is 0. The fourth-order valence-corrected chi connectivity index (χ4v) is 0.825. The van der Waals surface area contributed by atoms with Crippen molar-refractivity contribution in [2.24, 2.45) is 0 Å². The number of nitrogens with zero attached hydrogens (tertiary/aromatic N) is 2. The van der Waals surface area contributed by atoms with Crippen molar-refractivity contribution < 1.29 is 9.59 Å². The van der Waals surface area contributed by atoms with E-state index < -0.39 is 5.91 Å². The first kappa shape index (κ1) is 10.5. The molecule has 0 fully saturated rings. The first-order chi connectivity index (χ1) is 6.72. The molecule has 7 heteroatoms. The summed E-state index contributed by atoms with van der Waals surface area (Å²) >= 11 is 5.20. The van der Waals surface area contributed by atoms with Crippen molar-refractivity contribution in [1.29, 1.82) is 0 Å². The number of amides is 2. The molecule has 0 saturated carbocycles. The van der Waals surface area contributed by atoms with E-state index in [9.17, 15) is 9.59 Å². The van der Waals surface area contributed by atoms with Gasteiger partial charge in [0.05, 0.1) is 6.33 Å². The van der Waals surface area contributed by atoms with E-state index in [1.807, 2.05) is 0 Å². The smallest absolute Gasteiger partial charge is 0.258 e. The Morgan fingerprint density at radius 1 is 1.36 bits per heavy atom. The highest BCUT2D eigenvalue weighted by molar-refractivity contribution is 6.27. The molecular formula is C7H9ClN4O2. The molecule has 2 N–H and O–H groups in total. The highest BCUT2D eigenvalue weighted by Gasteiger charge is 2.03. The van der Waals surface area contributed by atoms with Gasteiger partial charge in [-0.05, 0) is 0 Å². The summed E-state index contributed by atoms with van der Waals surface area (Å²) in [5, 5.41) is 0. The Morgan fingerprint density at radius 3 is 2.64 bits per heavy atom. The summed E-state index contributed by atoms with van der Waals surface area (Å²) in [6, 6.07) is 0. The molecule has 2 amide bonds. The van der Waals surface area contributed by atoms with Crippen LogP contribution in [0.15, 0.2) is 18.7 Å². The average molecular weight is 217 g/mol. The van der Waals surface area contributed by atoms with Gasteiger partial charge >= 0.3 is 0 Å². The molecule has 1 aromatic rings. The van der Waals surface area contributed by atoms with E-state index in [1.165, 1.54) is 6.33 Å². The van der Waals surface area contributed by atoms with Gasteiger partial charge in [0.25, 0.3) is 11.8 Å². The first-order valence-electron chi connectivity index (χ1n) is 3.81. The van der Waals surface area contributed by atoms with Gasteiger partial charge in [-0.15, -0.1) is 11.6 Å². The lowest BCUT2D eigenvalue weighted by Gasteiger charge is -2.05. The van der Waals surface area contributed by atoms with Crippen molar-refractivity contribution in [2.75, 3.05) is 5.88 Å². The minimum Gasteiger partial charge on any atom is -0.328 e. The number of hydrogen-bond donors (Lipinski definition) is 2. The number of alkyl halides is 1. The maximum absolute atomic E-state index is 11.1. The largest absolute Gasteiger partial charge is 0.328 e. The zero-order chi connectivity index (χ0) is 10.4. The number of nitrogens with one attached hydrogen (secondary N) is 2. The number of hydrogen-bond acceptors (Lipinski definition) is 3. The predicted molar refractivity (Wildman–Crippen MR) is 49.2 cm³/mol. The van der Waals surface area contributed by atoms with E-state index in [-0.39, 0.29) is 18.3 Å². The molecule has 0 atom stereocenters. The van der Waals surface area contributed by atoms with E-state index in [1.54, 1.807) is 17.0 Å². The lowest BCUT2D eigenvalue weighted by Crippen LogP contribution is -2.43. The molecule has 0 unspecified atom stereocenters. The maximum atomic E-state index is 11.1. The molecule has 0 radical (unpaired) electrons. The molecule has 0 saturated heterocycles. The Kier molecular flexibility index (Phi) is 3.93. The third-order valence-corrected chi connectivity index (χ3v) is 1.59. The molecule has 1 aromatic heterocycles. The van der Waals surface area contributed by atoms with Crippen LogP contribution in [0.25, 0.3) is 0 Å². The Hall–Kier alpha value is -1.56.